The molecule has 0 spiro atoms. The second-order valence-electron chi connectivity index (χ2n) is 4.59. The summed E-state index contributed by atoms with van der Waals surface area (Å²) in [5, 5.41) is 5.62. The van der Waals surface area contributed by atoms with Gasteiger partial charge in [-0.2, -0.15) is 0 Å². The number of rotatable bonds is 6. The molecule has 18 heavy (non-hydrogen) atoms. The Morgan fingerprint density at radius 1 is 1.56 bits per heavy atom. The van der Waals surface area contributed by atoms with Crippen LogP contribution in [0.25, 0.3) is 0 Å². The normalized spacial score (nSPS) is 12.8. The average Bonchev–Trinajstić information content (AvgIpc) is 2.89. The van der Waals surface area contributed by atoms with E-state index >= 15 is 0 Å². The number of hydrogen-bond acceptors (Lipinski definition) is 3. The van der Waals surface area contributed by atoms with Crippen LogP contribution in [0.5, 0.6) is 0 Å². The van der Waals surface area contributed by atoms with Crippen molar-refractivity contribution < 1.29 is 0 Å². The van der Waals surface area contributed by atoms with Crippen molar-refractivity contribution in [1.82, 2.24) is 14.9 Å². The lowest BCUT2D eigenvalue weighted by Crippen LogP contribution is -2.23. The third-order valence-corrected chi connectivity index (χ3v) is 4.54. The molecule has 3 nitrogen and oxygen atoms in total. The molecule has 0 bridgehead atoms. The van der Waals surface area contributed by atoms with Crippen LogP contribution in [-0.2, 0) is 13.1 Å². The van der Waals surface area contributed by atoms with Crippen molar-refractivity contribution in [3.05, 3.63) is 39.0 Å². The Labute approximate surface area is 120 Å². The van der Waals surface area contributed by atoms with Gasteiger partial charge >= 0.3 is 0 Å². The summed E-state index contributed by atoms with van der Waals surface area (Å²) in [4.78, 5) is 5.61. The zero-order chi connectivity index (χ0) is 13.0. The fourth-order valence-electron chi connectivity index (χ4n) is 1.89. The van der Waals surface area contributed by atoms with Crippen LogP contribution in [-0.4, -0.2) is 16.1 Å². The van der Waals surface area contributed by atoms with Crippen LogP contribution in [0.2, 0.25) is 0 Å². The van der Waals surface area contributed by atoms with Crippen LogP contribution in [0.4, 0.5) is 0 Å². The van der Waals surface area contributed by atoms with E-state index in [1.807, 2.05) is 19.3 Å². The lowest BCUT2D eigenvalue weighted by molar-refractivity contribution is 0.441. The van der Waals surface area contributed by atoms with Crippen molar-refractivity contribution >= 4 is 27.3 Å². The molecule has 0 aliphatic heterocycles. The second kappa shape index (κ2) is 6.50. The maximum Gasteiger partial charge on any atom is 0.105 e. The first-order valence-electron chi connectivity index (χ1n) is 6.06. The Morgan fingerprint density at radius 3 is 3.00 bits per heavy atom. The molecule has 1 N–H and O–H groups in total. The molecule has 5 heteroatoms. The van der Waals surface area contributed by atoms with E-state index in [-0.39, 0.29) is 0 Å². The number of aryl methyl sites for hydroxylation is 1. The number of nitrogens with one attached hydrogen (secondary N) is 1. The molecule has 0 aromatic carbocycles. The van der Waals surface area contributed by atoms with Gasteiger partial charge in [-0.15, -0.1) is 11.3 Å². The summed E-state index contributed by atoms with van der Waals surface area (Å²) in [6.45, 7) is 7.30. The maximum absolute atomic E-state index is 4.24. The van der Waals surface area contributed by atoms with E-state index in [2.05, 4.69) is 49.2 Å². The summed E-state index contributed by atoms with van der Waals surface area (Å²) >= 11 is 5.26. The molecular weight excluding hydrogens is 310 g/mol. The van der Waals surface area contributed by atoms with E-state index < -0.39 is 0 Å². The number of thiophene rings is 1. The zero-order valence-corrected chi connectivity index (χ0v) is 13.1. The topological polar surface area (TPSA) is 29.9 Å². The molecule has 0 aliphatic rings. The lowest BCUT2D eigenvalue weighted by atomic mass is 10.2. The number of hydrogen-bond donors (Lipinski definition) is 1. The molecule has 2 aromatic rings. The van der Waals surface area contributed by atoms with Gasteiger partial charge in [-0.05, 0) is 41.4 Å². The standard InChI is InChI=1S/C13H18BrN3S/c1-10(8-17-4-3-16-11(17)2)6-15-7-13-5-12(14)9-18-13/h3-5,9-10,15H,6-8H2,1-2H3. The van der Waals surface area contributed by atoms with E-state index in [4.69, 9.17) is 0 Å². The van der Waals surface area contributed by atoms with Crippen molar-refractivity contribution in [2.45, 2.75) is 26.9 Å². The monoisotopic (exact) mass is 327 g/mol. The fourth-order valence-corrected chi connectivity index (χ4v) is 3.31. The molecule has 0 saturated carbocycles. The first kappa shape index (κ1) is 13.8. The molecule has 0 fully saturated rings. The SMILES string of the molecule is Cc1nccn1CC(C)CNCc1cc(Br)cs1. The largest absolute Gasteiger partial charge is 0.335 e. The van der Waals surface area contributed by atoms with Crippen molar-refractivity contribution in [2.75, 3.05) is 6.54 Å². The van der Waals surface area contributed by atoms with E-state index in [9.17, 15) is 0 Å². The molecule has 1 atom stereocenters. The number of imidazole rings is 1. The Kier molecular flexibility index (Phi) is 4.97. The summed E-state index contributed by atoms with van der Waals surface area (Å²) in [7, 11) is 0. The fraction of sp³-hybridized carbons (Fsp3) is 0.462. The third-order valence-electron chi connectivity index (χ3n) is 2.85. The lowest BCUT2D eigenvalue weighted by Gasteiger charge is -2.14. The molecule has 0 amide bonds. The van der Waals surface area contributed by atoms with Gasteiger partial charge in [-0.3, -0.25) is 0 Å². The highest BCUT2D eigenvalue weighted by atomic mass is 79.9. The highest BCUT2D eigenvalue weighted by Crippen LogP contribution is 2.19. The summed E-state index contributed by atoms with van der Waals surface area (Å²) < 4.78 is 3.38. The van der Waals surface area contributed by atoms with Crippen LogP contribution in [0.15, 0.2) is 28.3 Å². The van der Waals surface area contributed by atoms with Crippen molar-refractivity contribution in [1.29, 1.82) is 0 Å². The Morgan fingerprint density at radius 2 is 2.39 bits per heavy atom. The van der Waals surface area contributed by atoms with Gasteiger partial charge in [0.1, 0.15) is 5.82 Å². The van der Waals surface area contributed by atoms with Crippen molar-refractivity contribution in [2.24, 2.45) is 5.92 Å². The molecule has 2 heterocycles. The zero-order valence-electron chi connectivity index (χ0n) is 10.7. The van der Waals surface area contributed by atoms with Crippen LogP contribution < -0.4 is 5.32 Å². The van der Waals surface area contributed by atoms with E-state index in [0.29, 0.717) is 5.92 Å². The minimum atomic E-state index is 0.598. The third kappa shape index (κ3) is 3.93. The minimum absolute atomic E-state index is 0.598. The Bertz CT molecular complexity index is 492. The smallest absolute Gasteiger partial charge is 0.105 e. The Balaban J connectivity index is 1.72. The average molecular weight is 328 g/mol. The molecule has 98 valence electrons. The van der Waals surface area contributed by atoms with Gasteiger partial charge in [-0.25, -0.2) is 4.98 Å². The van der Waals surface area contributed by atoms with Gasteiger partial charge in [0.25, 0.3) is 0 Å². The molecule has 0 radical (unpaired) electrons. The summed E-state index contributed by atoms with van der Waals surface area (Å²) in [5.41, 5.74) is 0. The quantitative estimate of drug-likeness (QED) is 0.880. The van der Waals surface area contributed by atoms with Crippen LogP contribution >= 0.6 is 27.3 Å². The van der Waals surface area contributed by atoms with Crippen LogP contribution in [0.1, 0.15) is 17.6 Å². The molecule has 1 unspecified atom stereocenters. The van der Waals surface area contributed by atoms with Gasteiger partial charge in [-0.1, -0.05) is 6.92 Å². The van der Waals surface area contributed by atoms with E-state index in [1.165, 1.54) is 9.35 Å². The van der Waals surface area contributed by atoms with Gasteiger partial charge < -0.3 is 9.88 Å². The minimum Gasteiger partial charge on any atom is -0.335 e. The first-order chi connectivity index (χ1) is 8.65. The number of nitrogens with zero attached hydrogens (tertiary/aromatic N) is 2. The van der Waals surface area contributed by atoms with Gasteiger partial charge in [0.2, 0.25) is 0 Å². The highest BCUT2D eigenvalue weighted by molar-refractivity contribution is 9.10. The predicted molar refractivity (Wildman–Crippen MR) is 79.9 cm³/mol. The summed E-state index contributed by atoms with van der Waals surface area (Å²) in [5.74, 6) is 1.69. The summed E-state index contributed by atoms with van der Waals surface area (Å²) in [6, 6.07) is 2.17. The van der Waals surface area contributed by atoms with E-state index in [1.54, 1.807) is 11.3 Å². The molecule has 0 aliphatic carbocycles. The first-order valence-corrected chi connectivity index (χ1v) is 7.74. The maximum atomic E-state index is 4.24. The van der Waals surface area contributed by atoms with Crippen molar-refractivity contribution in [3.63, 3.8) is 0 Å². The van der Waals surface area contributed by atoms with Crippen LogP contribution in [0.3, 0.4) is 0 Å². The number of halogens is 1. The van der Waals surface area contributed by atoms with Crippen LogP contribution in [0, 0.1) is 12.8 Å². The van der Waals surface area contributed by atoms with Crippen molar-refractivity contribution in [3.8, 4) is 0 Å². The highest BCUT2D eigenvalue weighted by Gasteiger charge is 2.05. The molecular formula is C13H18BrN3S. The Hall–Kier alpha value is -0.650. The van der Waals surface area contributed by atoms with Gasteiger partial charge in [0, 0.05) is 40.2 Å². The predicted octanol–water partition coefficient (Wildman–Crippen LogP) is 3.44. The van der Waals surface area contributed by atoms with Gasteiger partial charge in [0.05, 0.1) is 0 Å². The second-order valence-corrected chi connectivity index (χ2v) is 6.51. The van der Waals surface area contributed by atoms with Gasteiger partial charge in [0.15, 0.2) is 0 Å². The summed E-state index contributed by atoms with van der Waals surface area (Å²) in [6.07, 6.45) is 3.90. The van der Waals surface area contributed by atoms with E-state index in [0.717, 1.165) is 25.5 Å². The molecule has 2 rings (SSSR count). The number of aromatic nitrogens is 2. The molecule has 0 saturated heterocycles. The molecule has 2 aromatic heterocycles.